The first-order chi connectivity index (χ1) is 9.41. The van der Waals surface area contributed by atoms with Gasteiger partial charge in [-0.2, -0.15) is 4.37 Å². The summed E-state index contributed by atoms with van der Waals surface area (Å²) in [5.74, 6) is -1.49. The van der Waals surface area contributed by atoms with Gasteiger partial charge in [0, 0.05) is 13.2 Å². The highest BCUT2D eigenvalue weighted by Crippen LogP contribution is 2.28. The maximum Gasteiger partial charge on any atom is 0.340 e. The van der Waals surface area contributed by atoms with Crippen LogP contribution in [-0.2, 0) is 0 Å². The van der Waals surface area contributed by atoms with Gasteiger partial charge in [0.05, 0.1) is 11.3 Å². The van der Waals surface area contributed by atoms with Crippen molar-refractivity contribution in [2.24, 2.45) is 0 Å². The van der Waals surface area contributed by atoms with Crippen LogP contribution >= 0.6 is 23.1 Å². The molecule has 0 aromatic carbocycles. The molecule has 6 nitrogen and oxygen atoms in total. The minimum Gasteiger partial charge on any atom is -0.478 e. The Kier molecular flexibility index (Phi) is 4.01. The lowest BCUT2D eigenvalue weighted by molar-refractivity contribution is 0.0697. The van der Waals surface area contributed by atoms with Gasteiger partial charge in [-0.3, -0.25) is 4.79 Å². The summed E-state index contributed by atoms with van der Waals surface area (Å²) in [6.07, 6.45) is 1.34. The van der Waals surface area contributed by atoms with E-state index in [1.807, 2.05) is 0 Å². The van der Waals surface area contributed by atoms with Crippen LogP contribution in [0, 0.1) is 6.92 Å². The molecule has 2 heterocycles. The van der Waals surface area contributed by atoms with E-state index in [9.17, 15) is 14.7 Å². The molecular formula is C12H10ClN3O3S. The fraction of sp³-hybridized carbons (Fsp3) is 0.167. The van der Waals surface area contributed by atoms with Crippen molar-refractivity contribution in [2.45, 2.75) is 6.92 Å². The number of amides is 1. The molecule has 0 spiro atoms. The van der Waals surface area contributed by atoms with Crippen molar-refractivity contribution in [1.82, 2.24) is 9.36 Å². The van der Waals surface area contributed by atoms with E-state index in [2.05, 4.69) is 9.36 Å². The lowest BCUT2D eigenvalue weighted by atomic mass is 10.2. The van der Waals surface area contributed by atoms with Crippen molar-refractivity contribution in [3.8, 4) is 0 Å². The Balaban J connectivity index is 2.36. The molecule has 0 bridgehead atoms. The van der Waals surface area contributed by atoms with Gasteiger partial charge in [-0.1, -0.05) is 11.6 Å². The Bertz CT molecular complexity index is 669. The molecular weight excluding hydrogens is 302 g/mol. The number of carboxylic acids is 1. The number of hydrogen-bond donors (Lipinski definition) is 1. The largest absolute Gasteiger partial charge is 0.478 e. The third kappa shape index (κ3) is 2.63. The van der Waals surface area contributed by atoms with Crippen LogP contribution in [0.4, 0.5) is 5.00 Å². The molecule has 1 amide bonds. The summed E-state index contributed by atoms with van der Waals surface area (Å²) in [7, 11) is 1.50. The number of pyridine rings is 1. The van der Waals surface area contributed by atoms with Crippen LogP contribution in [-0.4, -0.2) is 33.4 Å². The number of anilines is 1. The summed E-state index contributed by atoms with van der Waals surface area (Å²) in [6.45, 7) is 1.59. The molecule has 0 aliphatic heterocycles. The molecule has 2 aromatic rings. The highest BCUT2D eigenvalue weighted by Gasteiger charge is 2.24. The molecule has 2 rings (SSSR count). The van der Waals surface area contributed by atoms with E-state index in [4.69, 9.17) is 11.6 Å². The topological polar surface area (TPSA) is 83.4 Å². The number of hydrogen-bond acceptors (Lipinski definition) is 5. The molecule has 0 saturated carbocycles. The highest BCUT2D eigenvalue weighted by molar-refractivity contribution is 7.11. The fourth-order valence-corrected chi connectivity index (χ4v) is 2.58. The second-order valence-corrected chi connectivity index (χ2v) is 5.13. The molecule has 20 heavy (non-hydrogen) atoms. The molecule has 8 heteroatoms. The van der Waals surface area contributed by atoms with Gasteiger partial charge >= 0.3 is 5.97 Å². The monoisotopic (exact) mass is 311 g/mol. The predicted molar refractivity (Wildman–Crippen MR) is 75.8 cm³/mol. The predicted octanol–water partition coefficient (Wildman–Crippen LogP) is 2.47. The lowest BCUT2D eigenvalue weighted by Gasteiger charge is -2.15. The maximum absolute atomic E-state index is 12.3. The van der Waals surface area contributed by atoms with Gasteiger partial charge in [0.1, 0.15) is 15.7 Å². The number of nitrogens with zero attached hydrogens (tertiary/aromatic N) is 3. The number of aromatic nitrogens is 2. The summed E-state index contributed by atoms with van der Waals surface area (Å²) < 4.78 is 3.98. The van der Waals surface area contributed by atoms with Gasteiger partial charge in [0.25, 0.3) is 5.91 Å². The van der Waals surface area contributed by atoms with E-state index < -0.39 is 5.97 Å². The zero-order valence-electron chi connectivity index (χ0n) is 10.6. The van der Waals surface area contributed by atoms with E-state index in [0.717, 1.165) is 11.5 Å². The van der Waals surface area contributed by atoms with Crippen LogP contribution in [0.25, 0.3) is 0 Å². The average molecular weight is 312 g/mol. The Hall–Kier alpha value is -1.99. The fourth-order valence-electron chi connectivity index (χ4n) is 1.62. The first-order valence-electron chi connectivity index (χ1n) is 5.51. The smallest absolute Gasteiger partial charge is 0.340 e. The molecule has 0 fully saturated rings. The van der Waals surface area contributed by atoms with Crippen molar-refractivity contribution in [3.05, 3.63) is 40.3 Å². The van der Waals surface area contributed by atoms with Gasteiger partial charge < -0.3 is 10.0 Å². The Morgan fingerprint density at radius 3 is 2.65 bits per heavy atom. The van der Waals surface area contributed by atoms with Crippen molar-refractivity contribution < 1.29 is 14.7 Å². The number of aryl methyl sites for hydroxylation is 1. The SMILES string of the molecule is Cc1nsc(N(C)C(=O)c2ccc(Cl)nc2)c1C(=O)O. The van der Waals surface area contributed by atoms with Crippen LogP contribution in [0.5, 0.6) is 0 Å². The standard InChI is InChI=1S/C12H10ClN3O3S/c1-6-9(12(18)19)11(20-15-6)16(2)10(17)7-3-4-8(13)14-5-7/h3-5H,1-2H3,(H,18,19). The number of rotatable bonds is 3. The molecule has 0 unspecified atom stereocenters. The van der Waals surface area contributed by atoms with Gasteiger partial charge in [0.2, 0.25) is 0 Å². The highest BCUT2D eigenvalue weighted by atomic mass is 35.5. The summed E-state index contributed by atoms with van der Waals surface area (Å²) in [6, 6.07) is 3.03. The van der Waals surface area contributed by atoms with Crippen LogP contribution in [0.1, 0.15) is 26.4 Å². The van der Waals surface area contributed by atoms with Crippen molar-refractivity contribution in [2.75, 3.05) is 11.9 Å². The lowest BCUT2D eigenvalue weighted by Crippen LogP contribution is -2.27. The number of halogens is 1. The third-order valence-corrected chi connectivity index (χ3v) is 3.88. The minimum absolute atomic E-state index is 0.0350. The average Bonchev–Trinajstić information content (AvgIpc) is 2.80. The maximum atomic E-state index is 12.3. The van der Waals surface area contributed by atoms with Gasteiger partial charge in [-0.15, -0.1) is 0 Å². The number of carboxylic acid groups (broad SMARTS) is 1. The van der Waals surface area contributed by atoms with E-state index in [-0.39, 0.29) is 21.6 Å². The minimum atomic E-state index is -1.11. The zero-order valence-corrected chi connectivity index (χ0v) is 12.2. The quantitative estimate of drug-likeness (QED) is 0.880. The number of aromatic carboxylic acids is 1. The summed E-state index contributed by atoms with van der Waals surface area (Å²) >= 11 is 6.63. The molecule has 0 aliphatic carbocycles. The molecule has 104 valence electrons. The number of carbonyl (C=O) groups excluding carboxylic acids is 1. The number of carbonyl (C=O) groups is 2. The molecule has 0 aliphatic rings. The van der Waals surface area contributed by atoms with Gasteiger partial charge in [-0.05, 0) is 30.6 Å². The van der Waals surface area contributed by atoms with E-state index in [1.54, 1.807) is 6.92 Å². The molecule has 2 aromatic heterocycles. The molecule has 0 atom stereocenters. The first-order valence-corrected chi connectivity index (χ1v) is 6.66. The van der Waals surface area contributed by atoms with E-state index >= 15 is 0 Å². The third-order valence-electron chi connectivity index (χ3n) is 2.64. The van der Waals surface area contributed by atoms with Crippen LogP contribution in [0.3, 0.4) is 0 Å². The van der Waals surface area contributed by atoms with Crippen LogP contribution in [0.2, 0.25) is 5.15 Å². The second kappa shape index (κ2) is 5.56. The van der Waals surface area contributed by atoms with Gasteiger partial charge in [0.15, 0.2) is 0 Å². The van der Waals surface area contributed by atoms with Crippen LogP contribution < -0.4 is 4.90 Å². The van der Waals surface area contributed by atoms with Gasteiger partial charge in [-0.25, -0.2) is 9.78 Å². The molecule has 1 N–H and O–H groups in total. The Labute approximate surface area is 123 Å². The second-order valence-electron chi connectivity index (χ2n) is 3.99. The summed E-state index contributed by atoms with van der Waals surface area (Å²) in [5, 5.41) is 9.74. The van der Waals surface area contributed by atoms with Crippen molar-refractivity contribution >= 4 is 40.0 Å². The Morgan fingerprint density at radius 2 is 2.10 bits per heavy atom. The normalized spacial score (nSPS) is 10.3. The molecule has 0 radical (unpaired) electrons. The first kappa shape index (κ1) is 14.4. The molecule has 0 saturated heterocycles. The zero-order chi connectivity index (χ0) is 14.9. The van der Waals surface area contributed by atoms with E-state index in [1.165, 1.54) is 30.3 Å². The van der Waals surface area contributed by atoms with Crippen molar-refractivity contribution in [1.29, 1.82) is 0 Å². The van der Waals surface area contributed by atoms with E-state index in [0.29, 0.717) is 11.3 Å². The summed E-state index contributed by atoms with van der Waals surface area (Å²) in [5.41, 5.74) is 0.735. The van der Waals surface area contributed by atoms with Crippen molar-refractivity contribution in [3.63, 3.8) is 0 Å². The summed E-state index contributed by atoms with van der Waals surface area (Å²) in [4.78, 5) is 28.6. The Morgan fingerprint density at radius 1 is 1.40 bits per heavy atom. The van der Waals surface area contributed by atoms with Crippen LogP contribution in [0.15, 0.2) is 18.3 Å².